The summed E-state index contributed by atoms with van der Waals surface area (Å²) < 4.78 is 0. The van der Waals surface area contributed by atoms with Crippen LogP contribution in [0.1, 0.15) is 16.6 Å². The molecule has 0 saturated carbocycles. The summed E-state index contributed by atoms with van der Waals surface area (Å²) in [6, 6.07) is 6.98. The van der Waals surface area contributed by atoms with E-state index in [2.05, 4.69) is 0 Å². The predicted octanol–water partition coefficient (Wildman–Crippen LogP) is 2.51. The lowest BCUT2D eigenvalue weighted by atomic mass is 10.1. The van der Waals surface area contributed by atoms with Crippen molar-refractivity contribution in [1.29, 1.82) is 0 Å². The zero-order chi connectivity index (χ0) is 9.14. The van der Waals surface area contributed by atoms with E-state index in [9.17, 15) is 10.1 Å². The van der Waals surface area contributed by atoms with Crippen molar-refractivity contribution in [1.82, 2.24) is 0 Å². The molecular weight excluding hydrogens is 178 g/mol. The molecule has 1 aromatic rings. The summed E-state index contributed by atoms with van der Waals surface area (Å²) in [6.07, 6.45) is 0. The molecule has 0 radical (unpaired) electrons. The van der Waals surface area contributed by atoms with Gasteiger partial charge in [-0.3, -0.25) is 10.1 Å². The first-order chi connectivity index (χ1) is 5.61. The zero-order valence-electron chi connectivity index (χ0n) is 6.53. The molecule has 0 amide bonds. The molecule has 1 atom stereocenters. The van der Waals surface area contributed by atoms with E-state index in [0.717, 1.165) is 5.56 Å². The molecule has 0 aromatic heterocycles. The van der Waals surface area contributed by atoms with Gasteiger partial charge >= 0.3 is 5.50 Å². The number of hydrogen-bond acceptors (Lipinski definition) is 2. The Morgan fingerprint density at radius 3 is 2.75 bits per heavy atom. The van der Waals surface area contributed by atoms with E-state index in [0.29, 0.717) is 5.56 Å². The van der Waals surface area contributed by atoms with Crippen LogP contribution < -0.4 is 0 Å². The van der Waals surface area contributed by atoms with Crippen molar-refractivity contribution in [3.8, 4) is 0 Å². The van der Waals surface area contributed by atoms with Gasteiger partial charge in [0.2, 0.25) is 0 Å². The zero-order valence-corrected chi connectivity index (χ0v) is 7.28. The second kappa shape index (κ2) is 3.54. The Kier molecular flexibility index (Phi) is 2.65. The normalized spacial score (nSPS) is 12.5. The van der Waals surface area contributed by atoms with Gasteiger partial charge in [-0.15, -0.1) is 0 Å². The fourth-order valence-corrected chi connectivity index (χ4v) is 1.08. The second-order valence-corrected chi connectivity index (χ2v) is 2.95. The quantitative estimate of drug-likeness (QED) is 0.308. The molecule has 0 aliphatic rings. The first-order valence-corrected chi connectivity index (χ1v) is 3.89. The van der Waals surface area contributed by atoms with Gasteiger partial charge < -0.3 is 0 Å². The molecule has 0 bridgehead atoms. The fourth-order valence-electron chi connectivity index (χ4n) is 0.940. The van der Waals surface area contributed by atoms with Crippen molar-refractivity contribution in [2.45, 2.75) is 12.4 Å². The molecule has 0 N–H and O–H groups in total. The lowest BCUT2D eigenvalue weighted by molar-refractivity contribution is -0.503. The van der Waals surface area contributed by atoms with Gasteiger partial charge in [-0.25, -0.2) is 0 Å². The van der Waals surface area contributed by atoms with E-state index < -0.39 is 10.4 Å². The average molecular weight is 186 g/mol. The highest BCUT2D eigenvalue weighted by Crippen LogP contribution is 2.20. The van der Waals surface area contributed by atoms with Gasteiger partial charge in [-0.2, -0.15) is 0 Å². The number of aryl methyl sites for hydroxylation is 1. The van der Waals surface area contributed by atoms with Gasteiger partial charge in [0.25, 0.3) is 0 Å². The first kappa shape index (κ1) is 9.00. The van der Waals surface area contributed by atoms with Crippen molar-refractivity contribution in [3.63, 3.8) is 0 Å². The Balaban J connectivity index is 2.95. The predicted molar refractivity (Wildman–Crippen MR) is 46.8 cm³/mol. The van der Waals surface area contributed by atoms with E-state index in [1.54, 1.807) is 18.2 Å². The Morgan fingerprint density at radius 1 is 1.58 bits per heavy atom. The van der Waals surface area contributed by atoms with Crippen molar-refractivity contribution in [2.24, 2.45) is 0 Å². The molecule has 0 heterocycles. The third kappa shape index (κ3) is 1.95. The molecule has 12 heavy (non-hydrogen) atoms. The minimum atomic E-state index is -1.13. The highest BCUT2D eigenvalue weighted by molar-refractivity contribution is 6.19. The monoisotopic (exact) mass is 185 g/mol. The number of nitrogens with zero attached hydrogens (tertiary/aromatic N) is 1. The molecule has 0 aliphatic carbocycles. The lowest BCUT2D eigenvalue weighted by Gasteiger charge is -2.01. The number of alkyl halides is 1. The average Bonchev–Trinajstić information content (AvgIpc) is 2.03. The van der Waals surface area contributed by atoms with Gasteiger partial charge in [0.15, 0.2) is 0 Å². The molecule has 0 fully saturated rings. The third-order valence-corrected chi connectivity index (χ3v) is 1.91. The minimum Gasteiger partial charge on any atom is -0.263 e. The van der Waals surface area contributed by atoms with Crippen LogP contribution in [0.4, 0.5) is 0 Å². The Morgan fingerprint density at radius 2 is 2.25 bits per heavy atom. The maximum absolute atomic E-state index is 10.3. The molecule has 1 unspecified atom stereocenters. The smallest absolute Gasteiger partial charge is 0.263 e. The van der Waals surface area contributed by atoms with Crippen molar-refractivity contribution in [3.05, 3.63) is 45.5 Å². The summed E-state index contributed by atoms with van der Waals surface area (Å²) in [5, 5.41) is 10.3. The highest BCUT2D eigenvalue weighted by atomic mass is 35.5. The van der Waals surface area contributed by atoms with Crippen LogP contribution in [0.3, 0.4) is 0 Å². The number of benzene rings is 1. The standard InChI is InChI=1S/C8H8ClNO2/c1-6-3-2-4-7(5-6)8(9)10(11)12/h2-5,8H,1H3. The second-order valence-electron chi connectivity index (χ2n) is 2.54. The molecule has 4 heteroatoms. The van der Waals surface area contributed by atoms with Crippen LogP contribution in [-0.2, 0) is 0 Å². The largest absolute Gasteiger partial charge is 0.311 e. The number of nitro groups is 1. The number of hydrogen-bond donors (Lipinski definition) is 0. The van der Waals surface area contributed by atoms with Gasteiger partial charge in [-0.1, -0.05) is 23.8 Å². The van der Waals surface area contributed by atoms with Crippen LogP contribution in [0.15, 0.2) is 24.3 Å². The van der Waals surface area contributed by atoms with Crippen molar-refractivity contribution in [2.75, 3.05) is 0 Å². The molecule has 0 spiro atoms. The molecule has 1 aromatic carbocycles. The topological polar surface area (TPSA) is 43.1 Å². The van der Waals surface area contributed by atoms with Crippen LogP contribution in [0.25, 0.3) is 0 Å². The summed E-state index contributed by atoms with van der Waals surface area (Å²) >= 11 is 5.51. The minimum absolute atomic E-state index is 0.518. The van der Waals surface area contributed by atoms with Crippen LogP contribution in [0, 0.1) is 17.0 Å². The summed E-state index contributed by atoms with van der Waals surface area (Å²) in [5.74, 6) is 0. The van der Waals surface area contributed by atoms with E-state index in [4.69, 9.17) is 11.6 Å². The molecule has 1 rings (SSSR count). The fraction of sp³-hybridized carbons (Fsp3) is 0.250. The molecule has 3 nitrogen and oxygen atoms in total. The van der Waals surface area contributed by atoms with Crippen LogP contribution in [0.2, 0.25) is 0 Å². The Bertz CT molecular complexity index is 301. The number of halogens is 1. The maximum atomic E-state index is 10.3. The lowest BCUT2D eigenvalue weighted by Crippen LogP contribution is -2.03. The maximum Gasteiger partial charge on any atom is 0.311 e. The van der Waals surface area contributed by atoms with E-state index in [1.165, 1.54) is 0 Å². The highest BCUT2D eigenvalue weighted by Gasteiger charge is 2.17. The summed E-state index contributed by atoms with van der Waals surface area (Å²) in [5.41, 5.74) is 0.367. The SMILES string of the molecule is Cc1cccc(C(Cl)[N+](=O)[O-])c1. The van der Waals surface area contributed by atoms with E-state index >= 15 is 0 Å². The Hall–Kier alpha value is -1.09. The molecular formula is C8H8ClNO2. The van der Waals surface area contributed by atoms with Gasteiger partial charge in [0.1, 0.15) is 0 Å². The van der Waals surface area contributed by atoms with Crippen LogP contribution in [-0.4, -0.2) is 4.92 Å². The molecule has 64 valence electrons. The van der Waals surface area contributed by atoms with E-state index in [-0.39, 0.29) is 0 Å². The van der Waals surface area contributed by atoms with Crippen LogP contribution in [0.5, 0.6) is 0 Å². The van der Waals surface area contributed by atoms with Gasteiger partial charge in [0.05, 0.1) is 0 Å². The summed E-state index contributed by atoms with van der Waals surface area (Å²) in [7, 11) is 0. The first-order valence-electron chi connectivity index (χ1n) is 3.45. The summed E-state index contributed by atoms with van der Waals surface area (Å²) in [4.78, 5) is 9.77. The van der Waals surface area contributed by atoms with Crippen molar-refractivity contribution >= 4 is 11.6 Å². The summed E-state index contributed by atoms with van der Waals surface area (Å²) in [6.45, 7) is 1.87. The Labute approximate surface area is 75.1 Å². The third-order valence-electron chi connectivity index (χ3n) is 1.50. The molecule has 0 aliphatic heterocycles. The van der Waals surface area contributed by atoms with E-state index in [1.807, 2.05) is 13.0 Å². The molecule has 0 saturated heterocycles. The van der Waals surface area contributed by atoms with Crippen molar-refractivity contribution < 1.29 is 4.92 Å². The van der Waals surface area contributed by atoms with Crippen LogP contribution >= 0.6 is 11.6 Å². The van der Waals surface area contributed by atoms with Gasteiger partial charge in [-0.05, 0) is 24.6 Å². The van der Waals surface area contributed by atoms with Gasteiger partial charge in [0, 0.05) is 10.5 Å². The number of rotatable bonds is 2.